The van der Waals surface area contributed by atoms with Crippen LogP contribution in [-0.4, -0.2) is 38.9 Å². The molecule has 1 aromatic heterocycles. The van der Waals surface area contributed by atoms with Gasteiger partial charge in [0.2, 0.25) is 11.8 Å². The molecule has 5 nitrogen and oxygen atoms in total. The van der Waals surface area contributed by atoms with Crippen LogP contribution in [0.25, 0.3) is 0 Å². The summed E-state index contributed by atoms with van der Waals surface area (Å²) in [6, 6.07) is 0. The van der Waals surface area contributed by atoms with E-state index in [-0.39, 0.29) is 5.41 Å². The number of likely N-dealkylation sites (N-methyl/N-ethyl adjacent to an activating group) is 1. The number of rotatable bonds is 5. The molecule has 5 heteroatoms. The average Bonchev–Trinajstić information content (AvgIpc) is 2.62. The van der Waals surface area contributed by atoms with Gasteiger partial charge in [0.05, 0.1) is 12.1 Å². The largest absolute Gasteiger partial charge is 0.423 e. The first kappa shape index (κ1) is 15.1. The van der Waals surface area contributed by atoms with Crippen LogP contribution in [0.1, 0.15) is 53.3 Å². The maximum Gasteiger partial charge on any atom is 0.230 e. The zero-order valence-corrected chi connectivity index (χ0v) is 12.3. The van der Waals surface area contributed by atoms with Crippen molar-refractivity contribution >= 4 is 0 Å². The third-order valence-electron chi connectivity index (χ3n) is 2.53. The molecular weight excluding hydrogens is 230 g/mol. The van der Waals surface area contributed by atoms with Gasteiger partial charge in [0.15, 0.2) is 0 Å². The molecule has 104 valence electrons. The Morgan fingerprint density at radius 2 is 1.78 bits per heavy atom. The fourth-order valence-electron chi connectivity index (χ4n) is 1.64. The van der Waals surface area contributed by atoms with Gasteiger partial charge in [0.25, 0.3) is 0 Å². The van der Waals surface area contributed by atoms with E-state index in [1.54, 1.807) is 13.8 Å². The Hall–Kier alpha value is -0.940. The highest BCUT2D eigenvalue weighted by molar-refractivity contribution is 4.96. The van der Waals surface area contributed by atoms with E-state index in [0.717, 1.165) is 6.54 Å². The van der Waals surface area contributed by atoms with E-state index in [4.69, 9.17) is 4.42 Å². The molecular formula is C13H25N3O2. The first-order chi connectivity index (χ1) is 8.12. The van der Waals surface area contributed by atoms with Crippen molar-refractivity contribution in [1.29, 1.82) is 0 Å². The Balaban J connectivity index is 2.68. The van der Waals surface area contributed by atoms with Crippen molar-refractivity contribution in [2.75, 3.05) is 13.1 Å². The van der Waals surface area contributed by atoms with E-state index in [1.807, 2.05) is 27.7 Å². The lowest BCUT2D eigenvalue weighted by molar-refractivity contribution is 0.0326. The first-order valence-corrected chi connectivity index (χ1v) is 6.39. The second-order valence-corrected chi connectivity index (χ2v) is 6.37. The van der Waals surface area contributed by atoms with Crippen LogP contribution >= 0.6 is 0 Å². The van der Waals surface area contributed by atoms with Gasteiger partial charge in [0, 0.05) is 12.0 Å². The second-order valence-electron chi connectivity index (χ2n) is 6.37. The summed E-state index contributed by atoms with van der Waals surface area (Å²) in [5.41, 5.74) is -0.846. The average molecular weight is 255 g/mol. The molecule has 0 amide bonds. The molecule has 0 saturated heterocycles. The molecule has 1 aromatic rings. The molecule has 0 aliphatic heterocycles. The maximum absolute atomic E-state index is 9.82. The monoisotopic (exact) mass is 255 g/mol. The van der Waals surface area contributed by atoms with Crippen LogP contribution in [0.3, 0.4) is 0 Å². The van der Waals surface area contributed by atoms with E-state index < -0.39 is 5.60 Å². The summed E-state index contributed by atoms with van der Waals surface area (Å²) in [6.07, 6.45) is 0. The highest BCUT2D eigenvalue weighted by Gasteiger charge is 2.23. The van der Waals surface area contributed by atoms with Crippen LogP contribution in [0.5, 0.6) is 0 Å². The standard InChI is InChI=1S/C13H25N3O2/c1-7-16(9-13(5,6)17)8-10-14-15-11(18-10)12(2,3)4/h17H,7-9H2,1-6H3. The first-order valence-electron chi connectivity index (χ1n) is 6.39. The molecule has 0 aromatic carbocycles. The van der Waals surface area contributed by atoms with Crippen LogP contribution in [0, 0.1) is 0 Å². The number of nitrogens with zero attached hydrogens (tertiary/aromatic N) is 3. The third kappa shape index (κ3) is 4.74. The van der Waals surface area contributed by atoms with Crippen LogP contribution in [0.4, 0.5) is 0 Å². The van der Waals surface area contributed by atoms with Gasteiger partial charge >= 0.3 is 0 Å². The van der Waals surface area contributed by atoms with Crippen LogP contribution in [0.15, 0.2) is 4.42 Å². The minimum absolute atomic E-state index is 0.126. The number of aromatic nitrogens is 2. The molecule has 1 N–H and O–H groups in total. The zero-order valence-electron chi connectivity index (χ0n) is 12.3. The second kappa shape index (κ2) is 5.36. The summed E-state index contributed by atoms with van der Waals surface area (Å²) >= 11 is 0. The maximum atomic E-state index is 9.82. The molecule has 0 fully saturated rings. The van der Waals surface area contributed by atoms with Gasteiger partial charge in [-0.25, -0.2) is 0 Å². The van der Waals surface area contributed by atoms with Crippen molar-refractivity contribution in [2.24, 2.45) is 0 Å². The molecule has 18 heavy (non-hydrogen) atoms. The molecule has 0 unspecified atom stereocenters. The summed E-state index contributed by atoms with van der Waals surface area (Å²) in [4.78, 5) is 2.08. The van der Waals surface area contributed by atoms with E-state index in [9.17, 15) is 5.11 Å². The lowest BCUT2D eigenvalue weighted by Gasteiger charge is -2.26. The van der Waals surface area contributed by atoms with E-state index in [1.165, 1.54) is 0 Å². The zero-order chi connectivity index (χ0) is 14.0. The quantitative estimate of drug-likeness (QED) is 0.871. The van der Waals surface area contributed by atoms with Crippen molar-refractivity contribution < 1.29 is 9.52 Å². The third-order valence-corrected chi connectivity index (χ3v) is 2.53. The fraction of sp³-hybridized carbons (Fsp3) is 0.846. The Morgan fingerprint density at radius 1 is 1.17 bits per heavy atom. The van der Waals surface area contributed by atoms with Crippen LogP contribution in [0.2, 0.25) is 0 Å². The van der Waals surface area contributed by atoms with Crippen molar-refractivity contribution in [2.45, 2.75) is 59.1 Å². The lowest BCUT2D eigenvalue weighted by atomic mass is 9.97. The fourth-order valence-corrected chi connectivity index (χ4v) is 1.64. The lowest BCUT2D eigenvalue weighted by Crippen LogP contribution is -2.38. The molecule has 0 bridgehead atoms. The summed E-state index contributed by atoms with van der Waals surface area (Å²) in [5.74, 6) is 1.25. The molecule has 1 rings (SSSR count). The van der Waals surface area contributed by atoms with Gasteiger partial charge in [-0.1, -0.05) is 27.7 Å². The molecule has 0 saturated carbocycles. The number of hydrogen-bond acceptors (Lipinski definition) is 5. The molecule has 0 atom stereocenters. The van der Waals surface area contributed by atoms with Gasteiger partial charge in [-0.3, -0.25) is 4.90 Å². The Bertz CT molecular complexity index is 374. The van der Waals surface area contributed by atoms with Crippen LogP contribution < -0.4 is 0 Å². The Morgan fingerprint density at radius 3 is 2.17 bits per heavy atom. The molecule has 0 aliphatic carbocycles. The molecule has 0 spiro atoms. The summed E-state index contributed by atoms with van der Waals surface area (Å²) < 4.78 is 5.65. The Labute approximate surface area is 109 Å². The van der Waals surface area contributed by atoms with Gasteiger partial charge < -0.3 is 9.52 Å². The number of aliphatic hydroxyl groups is 1. The van der Waals surface area contributed by atoms with Gasteiger partial charge in [-0.15, -0.1) is 10.2 Å². The predicted molar refractivity (Wildman–Crippen MR) is 70.2 cm³/mol. The van der Waals surface area contributed by atoms with Crippen molar-refractivity contribution in [3.63, 3.8) is 0 Å². The minimum Gasteiger partial charge on any atom is -0.423 e. The van der Waals surface area contributed by atoms with E-state index in [2.05, 4.69) is 15.1 Å². The number of hydrogen-bond donors (Lipinski definition) is 1. The molecule has 0 radical (unpaired) electrons. The highest BCUT2D eigenvalue weighted by atomic mass is 16.4. The molecule has 1 heterocycles. The minimum atomic E-state index is -0.719. The van der Waals surface area contributed by atoms with Gasteiger partial charge in [-0.2, -0.15) is 0 Å². The topological polar surface area (TPSA) is 62.4 Å². The van der Waals surface area contributed by atoms with E-state index >= 15 is 0 Å². The smallest absolute Gasteiger partial charge is 0.230 e. The normalized spacial score (nSPS) is 13.3. The summed E-state index contributed by atoms with van der Waals surface area (Å²) in [6.45, 7) is 13.7. The molecule has 0 aliphatic rings. The SMILES string of the molecule is CCN(Cc1nnc(C(C)(C)C)o1)CC(C)(C)O. The van der Waals surface area contributed by atoms with Gasteiger partial charge in [0.1, 0.15) is 0 Å². The van der Waals surface area contributed by atoms with Gasteiger partial charge in [-0.05, 0) is 20.4 Å². The summed E-state index contributed by atoms with van der Waals surface area (Å²) in [5, 5.41) is 17.9. The predicted octanol–water partition coefficient (Wildman–Crippen LogP) is 1.96. The van der Waals surface area contributed by atoms with E-state index in [0.29, 0.717) is 24.9 Å². The van der Waals surface area contributed by atoms with Crippen LogP contribution in [-0.2, 0) is 12.0 Å². The van der Waals surface area contributed by atoms with Crippen molar-refractivity contribution in [3.05, 3.63) is 11.8 Å². The summed E-state index contributed by atoms with van der Waals surface area (Å²) in [7, 11) is 0. The van der Waals surface area contributed by atoms with Crippen molar-refractivity contribution in [1.82, 2.24) is 15.1 Å². The Kier molecular flexibility index (Phi) is 4.50. The van der Waals surface area contributed by atoms with Crippen molar-refractivity contribution in [3.8, 4) is 0 Å². The highest BCUT2D eigenvalue weighted by Crippen LogP contribution is 2.20.